The molecule has 0 aromatic rings. The maximum absolute atomic E-state index is 10.6. The van der Waals surface area contributed by atoms with Gasteiger partial charge in [0.2, 0.25) is 0 Å². The van der Waals surface area contributed by atoms with E-state index in [1.54, 1.807) is 0 Å². The number of hydrogen-bond donors (Lipinski definition) is 1. The molecule has 0 rings (SSSR count). The van der Waals surface area contributed by atoms with Crippen molar-refractivity contribution in [2.75, 3.05) is 26.2 Å². The Morgan fingerprint density at radius 1 is 1.45 bits per heavy atom. The third-order valence-corrected chi connectivity index (χ3v) is 2.80. The van der Waals surface area contributed by atoms with E-state index in [1.165, 1.54) is 6.92 Å². The van der Waals surface area contributed by atoms with E-state index in [2.05, 4.69) is 20.0 Å². The molecule has 1 N–H and O–H groups in total. The summed E-state index contributed by atoms with van der Waals surface area (Å²) in [6.45, 7) is 8.01. The van der Waals surface area contributed by atoms with Gasteiger partial charge in [0.25, 0.3) is 0 Å². The quantitative estimate of drug-likeness (QED) is 0.656. The lowest BCUT2D eigenvalue weighted by Crippen LogP contribution is -2.17. The molecule has 2 nitrogen and oxygen atoms in total. The third-order valence-electron chi connectivity index (χ3n) is 1.28. The summed E-state index contributed by atoms with van der Waals surface area (Å²) >= 11 is 0. The van der Waals surface area contributed by atoms with E-state index in [1.807, 2.05) is 0 Å². The predicted octanol–water partition coefficient (Wildman–Crippen LogP) is 1.23. The summed E-state index contributed by atoms with van der Waals surface area (Å²) in [5, 5.41) is 9.36. The highest BCUT2D eigenvalue weighted by Gasteiger charge is 2.23. The lowest BCUT2D eigenvalue weighted by Gasteiger charge is -2.15. The first-order valence-electron chi connectivity index (χ1n) is 3.79. The molecule has 0 aliphatic heterocycles. The second-order valence-electron chi connectivity index (χ2n) is 4.03. The molecule has 0 amide bonds. The molecule has 11 heavy (non-hydrogen) atoms. The number of carbonyl (C=O) groups excluding carboxylic acids is 1. The van der Waals surface area contributed by atoms with Crippen LogP contribution in [0.15, 0.2) is 0 Å². The van der Waals surface area contributed by atoms with Crippen LogP contribution in [0, 0.1) is 0 Å². The highest BCUT2D eigenvalue weighted by atomic mass is 31.2. The molecule has 66 valence electrons. The molecule has 0 saturated heterocycles. The Balaban J connectivity index is 3.69. The van der Waals surface area contributed by atoms with E-state index in [0.717, 1.165) is 6.16 Å². The Labute approximate surface area is 69.3 Å². The first kappa shape index (κ1) is 11.1. The van der Waals surface area contributed by atoms with Crippen LogP contribution in [0.1, 0.15) is 13.3 Å². The zero-order valence-electron chi connectivity index (χ0n) is 7.79. The van der Waals surface area contributed by atoms with Crippen LogP contribution in [-0.4, -0.2) is 43.2 Å². The molecular weight excluding hydrogens is 159 g/mol. The van der Waals surface area contributed by atoms with Crippen LogP contribution in [-0.2, 0) is 4.79 Å². The molecule has 0 aliphatic rings. The van der Waals surface area contributed by atoms with E-state index in [9.17, 15) is 9.90 Å². The molecule has 0 aromatic heterocycles. The minimum Gasteiger partial charge on any atom is -0.389 e. The predicted molar refractivity (Wildman–Crippen MR) is 50.9 cm³/mol. The van der Waals surface area contributed by atoms with Crippen molar-refractivity contribution in [3.63, 3.8) is 0 Å². The molecule has 0 radical (unpaired) electrons. The number of Topliss-reactive ketones (excluding diaryl/α,β-unsaturated/α-hetero) is 1. The van der Waals surface area contributed by atoms with E-state index >= 15 is 0 Å². The monoisotopic (exact) mass is 177 g/mol. The molecular formula is C8H18O2P+. The number of aliphatic hydroxyl groups is 1. The summed E-state index contributed by atoms with van der Waals surface area (Å²) in [6.07, 6.45) is 0.699. The maximum atomic E-state index is 10.6. The van der Waals surface area contributed by atoms with E-state index in [4.69, 9.17) is 0 Å². The molecule has 0 fully saturated rings. The second kappa shape index (κ2) is 4.18. The van der Waals surface area contributed by atoms with Crippen molar-refractivity contribution in [1.82, 2.24) is 0 Å². The summed E-state index contributed by atoms with van der Waals surface area (Å²) in [5.41, 5.74) is 0. The molecule has 0 spiro atoms. The fraction of sp³-hybridized carbons (Fsp3) is 0.875. The highest BCUT2D eigenvalue weighted by molar-refractivity contribution is 7.73. The largest absolute Gasteiger partial charge is 0.389 e. The Kier molecular flexibility index (Phi) is 4.20. The van der Waals surface area contributed by atoms with Crippen molar-refractivity contribution in [2.45, 2.75) is 19.4 Å². The summed E-state index contributed by atoms with van der Waals surface area (Å²) in [4.78, 5) is 10.6. The van der Waals surface area contributed by atoms with Gasteiger partial charge in [0.15, 0.2) is 0 Å². The highest BCUT2D eigenvalue weighted by Crippen LogP contribution is 2.47. The summed E-state index contributed by atoms with van der Waals surface area (Å²) < 4.78 is 0. The fourth-order valence-corrected chi connectivity index (χ4v) is 2.42. The van der Waals surface area contributed by atoms with Crippen LogP contribution in [0.25, 0.3) is 0 Å². The van der Waals surface area contributed by atoms with Crippen LogP contribution in [0.3, 0.4) is 0 Å². The molecule has 0 saturated carbocycles. The summed E-state index contributed by atoms with van der Waals surface area (Å²) in [6, 6.07) is 0. The third kappa shape index (κ3) is 7.96. The number of aliphatic hydroxyl groups excluding tert-OH is 1. The van der Waals surface area contributed by atoms with Gasteiger partial charge in [-0.05, 0) is 6.92 Å². The topological polar surface area (TPSA) is 37.3 Å². The molecule has 0 aromatic carbocycles. The molecule has 0 bridgehead atoms. The van der Waals surface area contributed by atoms with Gasteiger partial charge >= 0.3 is 0 Å². The van der Waals surface area contributed by atoms with E-state index in [-0.39, 0.29) is 5.78 Å². The lowest BCUT2D eigenvalue weighted by atomic mass is 10.2. The first-order chi connectivity index (χ1) is 4.81. The Hall–Kier alpha value is 0.0600. The van der Waals surface area contributed by atoms with Crippen molar-refractivity contribution in [2.24, 2.45) is 0 Å². The Morgan fingerprint density at radius 2 is 1.91 bits per heavy atom. The van der Waals surface area contributed by atoms with Crippen LogP contribution in [0.4, 0.5) is 0 Å². The second-order valence-corrected chi connectivity index (χ2v) is 8.98. The molecule has 0 aliphatic carbocycles. The van der Waals surface area contributed by atoms with Gasteiger partial charge < -0.3 is 5.11 Å². The zero-order chi connectivity index (χ0) is 9.07. The van der Waals surface area contributed by atoms with Crippen molar-refractivity contribution in [3.8, 4) is 0 Å². The van der Waals surface area contributed by atoms with Gasteiger partial charge in [-0.15, -0.1) is 0 Å². The average Bonchev–Trinajstić information content (AvgIpc) is 1.53. The van der Waals surface area contributed by atoms with Crippen molar-refractivity contribution in [3.05, 3.63) is 0 Å². The van der Waals surface area contributed by atoms with Gasteiger partial charge in [-0.3, -0.25) is 4.79 Å². The SMILES string of the molecule is CC(=O)CC(O)C[P+](C)(C)C. The lowest BCUT2D eigenvalue weighted by molar-refractivity contribution is -0.118. The number of carbonyl (C=O) groups is 1. The first-order valence-corrected chi connectivity index (χ1v) is 7.11. The van der Waals surface area contributed by atoms with Crippen molar-refractivity contribution >= 4 is 13.0 Å². The zero-order valence-corrected chi connectivity index (χ0v) is 8.69. The number of ketones is 1. The standard InChI is InChI=1S/C8H18O2P/c1-7(9)5-8(10)6-11(2,3)4/h8,10H,5-6H2,1-4H3/q+1. The van der Waals surface area contributed by atoms with Gasteiger partial charge in [-0.25, -0.2) is 0 Å². The van der Waals surface area contributed by atoms with Gasteiger partial charge in [0.1, 0.15) is 5.78 Å². The number of rotatable bonds is 4. The van der Waals surface area contributed by atoms with Gasteiger partial charge in [-0.1, -0.05) is 0 Å². The normalized spacial score (nSPS) is 14.6. The van der Waals surface area contributed by atoms with Gasteiger partial charge in [-0.2, -0.15) is 0 Å². The average molecular weight is 177 g/mol. The maximum Gasteiger partial charge on any atom is 0.132 e. The van der Waals surface area contributed by atoms with Crippen LogP contribution in [0.5, 0.6) is 0 Å². The molecule has 0 heterocycles. The number of hydrogen-bond acceptors (Lipinski definition) is 2. The van der Waals surface area contributed by atoms with Crippen molar-refractivity contribution in [1.29, 1.82) is 0 Å². The minimum absolute atomic E-state index is 0.0750. The van der Waals surface area contributed by atoms with Crippen LogP contribution < -0.4 is 0 Å². The van der Waals surface area contributed by atoms with Gasteiger partial charge in [0.05, 0.1) is 12.3 Å². The van der Waals surface area contributed by atoms with Gasteiger partial charge in [0, 0.05) is 33.7 Å². The molecule has 1 atom stereocenters. The van der Waals surface area contributed by atoms with Crippen LogP contribution in [0.2, 0.25) is 0 Å². The van der Waals surface area contributed by atoms with E-state index < -0.39 is 13.4 Å². The molecule has 1 unspecified atom stereocenters. The fourth-order valence-electron chi connectivity index (χ4n) is 1.03. The summed E-state index contributed by atoms with van der Waals surface area (Å²) in [7, 11) is -0.930. The van der Waals surface area contributed by atoms with Crippen molar-refractivity contribution < 1.29 is 9.90 Å². The Bertz CT molecular complexity index is 138. The van der Waals surface area contributed by atoms with E-state index in [0.29, 0.717) is 6.42 Å². The molecule has 3 heteroatoms. The minimum atomic E-state index is -0.930. The van der Waals surface area contributed by atoms with Crippen LogP contribution >= 0.6 is 7.26 Å². The summed E-state index contributed by atoms with van der Waals surface area (Å²) in [5.74, 6) is 0.0750. The Morgan fingerprint density at radius 3 is 2.18 bits per heavy atom. The smallest absolute Gasteiger partial charge is 0.132 e.